The Kier molecular flexibility index (Phi) is 3.42. The molecule has 0 unspecified atom stereocenters. The highest BCUT2D eigenvalue weighted by atomic mass is 16.7. The Morgan fingerprint density at radius 1 is 1.09 bits per heavy atom. The number of hydrogen-bond acceptors (Lipinski definition) is 6. The number of aromatic nitrogens is 3. The lowest BCUT2D eigenvalue weighted by Crippen LogP contribution is -2.41. The van der Waals surface area contributed by atoms with Crippen molar-refractivity contribution in [3.8, 4) is 11.3 Å². The van der Waals surface area contributed by atoms with Gasteiger partial charge in [-0.05, 0) is 39.8 Å². The highest BCUT2D eigenvalue weighted by Gasteiger charge is 2.52. The molecule has 1 aliphatic heterocycles. The van der Waals surface area contributed by atoms with E-state index in [2.05, 4.69) is 15.0 Å². The maximum atomic E-state index is 6.09. The van der Waals surface area contributed by atoms with Crippen molar-refractivity contribution < 1.29 is 9.31 Å². The predicted molar refractivity (Wildman–Crippen MR) is 85.4 cm³/mol. The average molecular weight is 298 g/mol. The molecule has 3 heterocycles. The second kappa shape index (κ2) is 5.03. The van der Waals surface area contributed by atoms with Crippen molar-refractivity contribution >= 4 is 18.5 Å². The van der Waals surface area contributed by atoms with E-state index in [-0.39, 0.29) is 5.95 Å². The Bertz CT molecular complexity index is 675. The van der Waals surface area contributed by atoms with E-state index in [9.17, 15) is 0 Å². The van der Waals surface area contributed by atoms with Gasteiger partial charge >= 0.3 is 7.12 Å². The van der Waals surface area contributed by atoms with Crippen molar-refractivity contribution in [3.05, 3.63) is 30.7 Å². The Morgan fingerprint density at radius 3 is 2.36 bits per heavy atom. The fourth-order valence-electron chi connectivity index (χ4n) is 2.28. The van der Waals surface area contributed by atoms with Gasteiger partial charge in [0.15, 0.2) is 0 Å². The first-order valence-electron chi connectivity index (χ1n) is 7.19. The second-order valence-electron chi connectivity index (χ2n) is 6.36. The van der Waals surface area contributed by atoms with Gasteiger partial charge in [0.05, 0.1) is 16.9 Å². The molecule has 1 saturated heterocycles. The lowest BCUT2D eigenvalue weighted by molar-refractivity contribution is 0.00578. The molecule has 0 bridgehead atoms. The van der Waals surface area contributed by atoms with Crippen molar-refractivity contribution in [2.45, 2.75) is 38.9 Å². The molecule has 2 N–H and O–H groups in total. The molecule has 0 spiro atoms. The van der Waals surface area contributed by atoms with Crippen LogP contribution in [0.4, 0.5) is 5.95 Å². The van der Waals surface area contributed by atoms with Crippen LogP contribution >= 0.6 is 0 Å². The Balaban J connectivity index is 2.06. The summed E-state index contributed by atoms with van der Waals surface area (Å²) in [5.41, 5.74) is 7.17. The van der Waals surface area contributed by atoms with Crippen LogP contribution in [-0.2, 0) is 9.31 Å². The van der Waals surface area contributed by atoms with Crippen molar-refractivity contribution in [2.24, 2.45) is 0 Å². The Labute approximate surface area is 130 Å². The number of pyridine rings is 1. The number of nitrogens with zero attached hydrogens (tertiary/aromatic N) is 3. The van der Waals surface area contributed by atoms with Crippen molar-refractivity contribution in [2.75, 3.05) is 5.73 Å². The van der Waals surface area contributed by atoms with Crippen molar-refractivity contribution in [1.29, 1.82) is 0 Å². The topological polar surface area (TPSA) is 83.2 Å². The van der Waals surface area contributed by atoms with E-state index in [1.54, 1.807) is 18.6 Å². The third-order valence-corrected chi connectivity index (χ3v) is 4.28. The van der Waals surface area contributed by atoms with Crippen LogP contribution in [0.5, 0.6) is 0 Å². The zero-order valence-electron chi connectivity index (χ0n) is 13.2. The second-order valence-corrected chi connectivity index (χ2v) is 6.36. The van der Waals surface area contributed by atoms with Crippen LogP contribution in [0.1, 0.15) is 27.7 Å². The first-order valence-corrected chi connectivity index (χ1v) is 7.19. The molecule has 0 saturated carbocycles. The van der Waals surface area contributed by atoms with Gasteiger partial charge in [-0.15, -0.1) is 0 Å². The number of nitrogens with two attached hydrogens (primary N) is 1. The van der Waals surface area contributed by atoms with Crippen LogP contribution in [0, 0.1) is 0 Å². The molecule has 2 aromatic rings. The van der Waals surface area contributed by atoms with Crippen LogP contribution < -0.4 is 11.2 Å². The van der Waals surface area contributed by atoms with Gasteiger partial charge in [-0.1, -0.05) is 0 Å². The number of anilines is 1. The highest BCUT2D eigenvalue weighted by Crippen LogP contribution is 2.37. The lowest BCUT2D eigenvalue weighted by Gasteiger charge is -2.32. The maximum absolute atomic E-state index is 6.09. The minimum absolute atomic E-state index is 0.208. The molecule has 114 valence electrons. The van der Waals surface area contributed by atoms with Gasteiger partial charge in [-0.3, -0.25) is 4.98 Å². The number of nitrogen functional groups attached to an aromatic ring is 1. The standard InChI is InChI=1S/C15H19BN4O2/c1-14(2)15(3,4)22-16(21-14)11-9-19-13(17)20-12(11)10-6-5-7-18-8-10/h5-9H,1-4H3,(H2,17,19,20). The fraction of sp³-hybridized carbons (Fsp3) is 0.400. The summed E-state index contributed by atoms with van der Waals surface area (Å²) in [7, 11) is -0.541. The molecule has 0 aromatic carbocycles. The first-order chi connectivity index (χ1) is 10.3. The van der Waals surface area contributed by atoms with Gasteiger partial charge in [0.1, 0.15) is 0 Å². The smallest absolute Gasteiger partial charge is 0.399 e. The zero-order valence-corrected chi connectivity index (χ0v) is 13.2. The van der Waals surface area contributed by atoms with Crippen LogP contribution in [-0.4, -0.2) is 33.3 Å². The molecule has 3 rings (SSSR count). The molecule has 7 heteroatoms. The largest absolute Gasteiger partial charge is 0.498 e. The summed E-state index contributed by atoms with van der Waals surface area (Å²) in [5, 5.41) is 0. The molecule has 0 radical (unpaired) electrons. The van der Waals surface area contributed by atoms with Gasteiger partial charge < -0.3 is 15.0 Å². The van der Waals surface area contributed by atoms with E-state index in [1.165, 1.54) is 0 Å². The quantitative estimate of drug-likeness (QED) is 0.844. The monoisotopic (exact) mass is 298 g/mol. The lowest BCUT2D eigenvalue weighted by atomic mass is 9.77. The third kappa shape index (κ3) is 2.46. The summed E-state index contributed by atoms with van der Waals surface area (Å²) < 4.78 is 12.2. The molecule has 1 aliphatic rings. The normalized spacial score (nSPS) is 19.4. The predicted octanol–water partition coefficient (Wildman–Crippen LogP) is 1.42. The van der Waals surface area contributed by atoms with E-state index in [0.717, 1.165) is 11.0 Å². The number of hydrogen-bond donors (Lipinski definition) is 1. The molecule has 0 aliphatic carbocycles. The first kappa shape index (κ1) is 14.9. The Hall–Kier alpha value is -1.99. The van der Waals surface area contributed by atoms with E-state index >= 15 is 0 Å². The minimum Gasteiger partial charge on any atom is -0.399 e. The number of rotatable bonds is 2. The van der Waals surface area contributed by atoms with Crippen molar-refractivity contribution in [1.82, 2.24) is 15.0 Å². The molecule has 6 nitrogen and oxygen atoms in total. The molecule has 1 fully saturated rings. The van der Waals surface area contributed by atoms with E-state index in [4.69, 9.17) is 15.0 Å². The third-order valence-electron chi connectivity index (χ3n) is 4.28. The highest BCUT2D eigenvalue weighted by molar-refractivity contribution is 6.63. The minimum atomic E-state index is -0.541. The summed E-state index contributed by atoms with van der Waals surface area (Å²) in [6.45, 7) is 8.04. The van der Waals surface area contributed by atoms with Crippen LogP contribution in [0.2, 0.25) is 0 Å². The average Bonchev–Trinajstić information content (AvgIpc) is 2.68. The molecule has 0 atom stereocenters. The van der Waals surface area contributed by atoms with Gasteiger partial charge in [0.25, 0.3) is 0 Å². The summed E-state index contributed by atoms with van der Waals surface area (Å²) in [6, 6.07) is 3.77. The van der Waals surface area contributed by atoms with Crippen molar-refractivity contribution in [3.63, 3.8) is 0 Å². The SMILES string of the molecule is CC1(C)OB(c2cnc(N)nc2-c2cccnc2)OC1(C)C. The van der Waals surface area contributed by atoms with E-state index < -0.39 is 18.3 Å². The van der Waals surface area contributed by atoms with Gasteiger partial charge in [-0.25, -0.2) is 9.97 Å². The maximum Gasteiger partial charge on any atom is 0.498 e. The summed E-state index contributed by atoms with van der Waals surface area (Å²) in [6.07, 6.45) is 5.10. The molecular formula is C15H19BN4O2. The van der Waals surface area contributed by atoms with Gasteiger partial charge in [-0.2, -0.15) is 0 Å². The summed E-state index contributed by atoms with van der Waals surface area (Å²) in [5.74, 6) is 0.208. The summed E-state index contributed by atoms with van der Waals surface area (Å²) >= 11 is 0. The van der Waals surface area contributed by atoms with Crippen LogP contribution in [0.25, 0.3) is 11.3 Å². The molecule has 2 aromatic heterocycles. The Morgan fingerprint density at radius 2 is 1.77 bits per heavy atom. The van der Waals surface area contributed by atoms with Gasteiger partial charge in [0, 0.05) is 29.6 Å². The van der Waals surface area contributed by atoms with Crippen LogP contribution in [0.15, 0.2) is 30.7 Å². The van der Waals surface area contributed by atoms with E-state index in [1.807, 2.05) is 39.8 Å². The molecular weight excluding hydrogens is 279 g/mol. The summed E-state index contributed by atoms with van der Waals surface area (Å²) in [4.78, 5) is 12.6. The fourth-order valence-corrected chi connectivity index (χ4v) is 2.28. The zero-order chi connectivity index (χ0) is 16.0. The molecule has 0 amide bonds. The van der Waals surface area contributed by atoms with Crippen LogP contribution in [0.3, 0.4) is 0 Å². The molecule has 22 heavy (non-hydrogen) atoms. The van der Waals surface area contributed by atoms with E-state index in [0.29, 0.717) is 5.69 Å². The van der Waals surface area contributed by atoms with Gasteiger partial charge in [0.2, 0.25) is 5.95 Å².